The van der Waals surface area contributed by atoms with Crippen molar-refractivity contribution >= 4 is 18.0 Å². The number of ketones is 1. The summed E-state index contributed by atoms with van der Waals surface area (Å²) in [4.78, 5) is 40.2. The molecule has 2 amide bonds. The smallest absolute Gasteiger partial charge is 0.411 e. The Labute approximate surface area is 159 Å². The molecule has 2 aliphatic rings. The van der Waals surface area contributed by atoms with Crippen molar-refractivity contribution in [3.63, 3.8) is 0 Å². The van der Waals surface area contributed by atoms with Crippen molar-refractivity contribution in [1.82, 2.24) is 9.80 Å². The summed E-state index contributed by atoms with van der Waals surface area (Å²) in [7, 11) is 0. The highest BCUT2D eigenvalue weighted by Gasteiger charge is 2.48. The quantitative estimate of drug-likeness (QED) is 0.796. The van der Waals surface area contributed by atoms with Gasteiger partial charge in [0.25, 0.3) is 0 Å². The van der Waals surface area contributed by atoms with Crippen LogP contribution < -0.4 is 0 Å². The summed E-state index contributed by atoms with van der Waals surface area (Å²) in [5, 5.41) is 0. The van der Waals surface area contributed by atoms with Gasteiger partial charge in [-0.25, -0.2) is 9.59 Å². The van der Waals surface area contributed by atoms with Gasteiger partial charge in [-0.3, -0.25) is 9.69 Å². The Morgan fingerprint density at radius 1 is 1.15 bits per heavy atom. The molecule has 0 N–H and O–H groups in total. The molecular formula is C20H26N2O5. The van der Waals surface area contributed by atoms with Crippen molar-refractivity contribution in [1.29, 1.82) is 0 Å². The van der Waals surface area contributed by atoms with Crippen molar-refractivity contribution in [3.05, 3.63) is 35.9 Å². The van der Waals surface area contributed by atoms with Gasteiger partial charge in [0.05, 0.1) is 12.6 Å². The molecule has 7 heteroatoms. The number of nitrogens with zero attached hydrogens (tertiary/aromatic N) is 2. The first-order valence-corrected chi connectivity index (χ1v) is 9.22. The lowest BCUT2D eigenvalue weighted by Gasteiger charge is -2.37. The van der Waals surface area contributed by atoms with Crippen LogP contribution in [0.4, 0.5) is 9.59 Å². The summed E-state index contributed by atoms with van der Waals surface area (Å²) in [6.07, 6.45) is -0.410. The van der Waals surface area contributed by atoms with Crippen molar-refractivity contribution < 1.29 is 23.9 Å². The van der Waals surface area contributed by atoms with Gasteiger partial charge in [0.1, 0.15) is 12.2 Å². The molecule has 0 aliphatic carbocycles. The molecule has 2 aliphatic heterocycles. The molecule has 0 saturated carbocycles. The Hall–Kier alpha value is -2.57. The fraction of sp³-hybridized carbons (Fsp3) is 0.550. The standard InChI is InChI=1S/C20H26N2O5/c1-20(2,3)27-19(25)22-12-17(23)15-9-10-21(11-16(15)22)18(24)26-13-14-7-5-4-6-8-14/h4-8,15-16H,9-13H2,1-3H3. The van der Waals surface area contributed by atoms with E-state index in [9.17, 15) is 14.4 Å². The van der Waals surface area contributed by atoms with Crippen LogP contribution in [0.2, 0.25) is 0 Å². The number of fused-ring (bicyclic) bond motifs is 1. The number of likely N-dealkylation sites (tertiary alicyclic amines) is 2. The number of amides is 2. The molecule has 2 fully saturated rings. The predicted octanol–water partition coefficient (Wildman–Crippen LogP) is 2.83. The maximum absolute atomic E-state index is 12.5. The number of carbonyl (C=O) groups excluding carboxylic acids is 3. The van der Waals surface area contributed by atoms with E-state index >= 15 is 0 Å². The van der Waals surface area contributed by atoms with E-state index in [1.165, 1.54) is 4.90 Å². The van der Waals surface area contributed by atoms with Crippen LogP contribution in [0.25, 0.3) is 0 Å². The van der Waals surface area contributed by atoms with Crippen LogP contribution in [-0.4, -0.2) is 59.0 Å². The molecular weight excluding hydrogens is 348 g/mol. The molecule has 0 bridgehead atoms. The Kier molecular flexibility index (Phi) is 5.39. The average Bonchev–Trinajstić information content (AvgIpc) is 2.95. The van der Waals surface area contributed by atoms with Crippen LogP contribution in [0.5, 0.6) is 0 Å². The van der Waals surface area contributed by atoms with E-state index in [1.807, 2.05) is 30.3 Å². The van der Waals surface area contributed by atoms with Crippen LogP contribution in [0, 0.1) is 5.92 Å². The van der Waals surface area contributed by atoms with Gasteiger partial charge in [-0.05, 0) is 32.8 Å². The monoisotopic (exact) mass is 374 g/mol. The zero-order valence-electron chi connectivity index (χ0n) is 16.0. The highest BCUT2D eigenvalue weighted by atomic mass is 16.6. The summed E-state index contributed by atoms with van der Waals surface area (Å²) in [5.41, 5.74) is 0.272. The van der Waals surface area contributed by atoms with E-state index in [1.54, 1.807) is 25.7 Å². The first-order valence-electron chi connectivity index (χ1n) is 9.22. The second-order valence-electron chi connectivity index (χ2n) is 8.02. The van der Waals surface area contributed by atoms with E-state index in [2.05, 4.69) is 0 Å². The number of hydrogen-bond donors (Lipinski definition) is 0. The molecule has 3 rings (SSSR count). The number of ether oxygens (including phenoxy) is 2. The minimum Gasteiger partial charge on any atom is -0.445 e. The van der Waals surface area contributed by atoms with Gasteiger partial charge >= 0.3 is 12.2 Å². The van der Waals surface area contributed by atoms with Gasteiger partial charge in [-0.2, -0.15) is 0 Å². The molecule has 0 radical (unpaired) electrons. The van der Waals surface area contributed by atoms with Gasteiger partial charge in [0.2, 0.25) is 0 Å². The number of carbonyl (C=O) groups is 3. The Morgan fingerprint density at radius 3 is 2.52 bits per heavy atom. The number of rotatable bonds is 2. The van der Waals surface area contributed by atoms with Gasteiger partial charge in [-0.15, -0.1) is 0 Å². The van der Waals surface area contributed by atoms with E-state index in [-0.39, 0.29) is 37.4 Å². The Morgan fingerprint density at radius 2 is 1.85 bits per heavy atom. The molecule has 0 spiro atoms. The van der Waals surface area contributed by atoms with Crippen LogP contribution in [0.3, 0.4) is 0 Å². The normalized spacial score (nSPS) is 22.4. The molecule has 1 aromatic rings. The fourth-order valence-electron chi connectivity index (χ4n) is 3.52. The third-order valence-electron chi connectivity index (χ3n) is 4.81. The third kappa shape index (κ3) is 4.59. The minimum atomic E-state index is -0.638. The van der Waals surface area contributed by atoms with Crippen molar-refractivity contribution in [2.24, 2.45) is 5.92 Å². The molecule has 1 aromatic carbocycles. The minimum absolute atomic E-state index is 0.0307. The summed E-state index contributed by atoms with van der Waals surface area (Å²) in [6, 6.07) is 9.09. The van der Waals surface area contributed by atoms with E-state index in [0.717, 1.165) is 5.56 Å². The van der Waals surface area contributed by atoms with E-state index < -0.39 is 17.8 Å². The number of piperidine rings is 1. The zero-order valence-corrected chi connectivity index (χ0v) is 16.0. The highest BCUT2D eigenvalue weighted by molar-refractivity contribution is 5.90. The number of benzene rings is 1. The molecule has 2 saturated heterocycles. The Balaban J connectivity index is 1.62. The first kappa shape index (κ1) is 19.2. The van der Waals surface area contributed by atoms with Gasteiger partial charge in [0, 0.05) is 19.0 Å². The summed E-state index contributed by atoms with van der Waals surface area (Å²) in [5.74, 6) is -0.209. The fourth-order valence-corrected chi connectivity index (χ4v) is 3.52. The lowest BCUT2D eigenvalue weighted by Crippen LogP contribution is -2.52. The zero-order chi connectivity index (χ0) is 19.6. The largest absolute Gasteiger partial charge is 0.445 e. The second-order valence-corrected chi connectivity index (χ2v) is 8.02. The summed E-state index contributed by atoms with van der Waals surface area (Å²) < 4.78 is 10.8. The molecule has 0 aromatic heterocycles. The van der Waals surface area contributed by atoms with Gasteiger partial charge in [-0.1, -0.05) is 30.3 Å². The SMILES string of the molecule is CC(C)(C)OC(=O)N1CC(=O)C2CCN(C(=O)OCc3ccccc3)CC21. The van der Waals surface area contributed by atoms with Crippen LogP contribution in [0.1, 0.15) is 32.8 Å². The van der Waals surface area contributed by atoms with Crippen LogP contribution >= 0.6 is 0 Å². The van der Waals surface area contributed by atoms with Crippen molar-refractivity contribution in [3.8, 4) is 0 Å². The average molecular weight is 374 g/mol. The first-order chi connectivity index (χ1) is 12.7. The van der Waals surface area contributed by atoms with Gasteiger partial charge < -0.3 is 14.4 Å². The van der Waals surface area contributed by atoms with E-state index in [0.29, 0.717) is 13.0 Å². The molecule has 27 heavy (non-hydrogen) atoms. The predicted molar refractivity (Wildman–Crippen MR) is 98.0 cm³/mol. The maximum Gasteiger partial charge on any atom is 0.411 e. The lowest BCUT2D eigenvalue weighted by atomic mass is 9.91. The van der Waals surface area contributed by atoms with Crippen LogP contribution in [-0.2, 0) is 20.9 Å². The molecule has 146 valence electrons. The molecule has 7 nitrogen and oxygen atoms in total. The summed E-state index contributed by atoms with van der Waals surface area (Å²) >= 11 is 0. The Bertz CT molecular complexity index is 713. The second kappa shape index (κ2) is 7.58. The lowest BCUT2D eigenvalue weighted by molar-refractivity contribution is -0.120. The van der Waals surface area contributed by atoms with Gasteiger partial charge in [0.15, 0.2) is 5.78 Å². The third-order valence-corrected chi connectivity index (χ3v) is 4.81. The molecule has 2 atom stereocenters. The number of Topliss-reactive ketones (excluding diaryl/α,β-unsaturated/α-hetero) is 1. The summed E-state index contributed by atoms with van der Waals surface area (Å²) in [6.45, 7) is 6.32. The van der Waals surface area contributed by atoms with Crippen molar-refractivity contribution in [2.45, 2.75) is 45.4 Å². The molecule has 2 unspecified atom stereocenters. The van der Waals surface area contributed by atoms with Crippen molar-refractivity contribution in [2.75, 3.05) is 19.6 Å². The van der Waals surface area contributed by atoms with Crippen LogP contribution in [0.15, 0.2) is 30.3 Å². The number of hydrogen-bond acceptors (Lipinski definition) is 5. The topological polar surface area (TPSA) is 76.2 Å². The molecule has 2 heterocycles. The highest BCUT2D eigenvalue weighted by Crippen LogP contribution is 2.31. The van der Waals surface area contributed by atoms with E-state index in [4.69, 9.17) is 9.47 Å². The maximum atomic E-state index is 12.5.